The highest BCUT2D eigenvalue weighted by molar-refractivity contribution is 5.96. The zero-order valence-corrected chi connectivity index (χ0v) is 11.6. The molecular formula is C13H16F3N3O2. The van der Waals surface area contributed by atoms with Crippen molar-refractivity contribution in [1.29, 1.82) is 0 Å². The van der Waals surface area contributed by atoms with Crippen molar-refractivity contribution in [3.8, 4) is 0 Å². The van der Waals surface area contributed by atoms with E-state index in [0.717, 1.165) is 0 Å². The van der Waals surface area contributed by atoms with E-state index >= 15 is 0 Å². The highest BCUT2D eigenvalue weighted by atomic mass is 19.4. The van der Waals surface area contributed by atoms with E-state index in [9.17, 15) is 22.8 Å². The van der Waals surface area contributed by atoms with E-state index in [0.29, 0.717) is 16.8 Å². The smallest absolute Gasteiger partial charge is 0.355 e. The molecule has 3 N–H and O–H groups in total. The Labute approximate surface area is 119 Å². The fraction of sp³-hybridized carbons (Fsp3) is 0.385. The van der Waals surface area contributed by atoms with Gasteiger partial charge in [0.05, 0.1) is 13.1 Å². The lowest BCUT2D eigenvalue weighted by molar-refractivity contribution is -0.126. The molecule has 0 saturated carbocycles. The number of benzene rings is 1. The van der Waals surface area contributed by atoms with Crippen molar-refractivity contribution in [2.24, 2.45) is 0 Å². The molecule has 0 aliphatic heterocycles. The molecule has 0 spiro atoms. The first-order valence-electron chi connectivity index (χ1n) is 6.13. The zero-order valence-electron chi connectivity index (χ0n) is 11.6. The summed E-state index contributed by atoms with van der Waals surface area (Å²) in [4.78, 5) is 22.9. The number of aryl methyl sites for hydroxylation is 1. The van der Waals surface area contributed by atoms with Gasteiger partial charge in [0.2, 0.25) is 5.91 Å². The highest BCUT2D eigenvalue weighted by Gasteiger charge is 2.26. The number of hydrogen-bond acceptors (Lipinski definition) is 3. The van der Waals surface area contributed by atoms with E-state index in [-0.39, 0.29) is 5.91 Å². The molecule has 0 aliphatic carbocycles. The maximum absolute atomic E-state index is 11.9. The Morgan fingerprint density at radius 1 is 1.24 bits per heavy atom. The van der Waals surface area contributed by atoms with Crippen molar-refractivity contribution < 1.29 is 22.8 Å². The fourth-order valence-corrected chi connectivity index (χ4v) is 1.60. The van der Waals surface area contributed by atoms with E-state index in [4.69, 9.17) is 0 Å². The number of rotatable bonds is 5. The van der Waals surface area contributed by atoms with Crippen LogP contribution in [0.15, 0.2) is 18.2 Å². The van der Waals surface area contributed by atoms with Crippen molar-refractivity contribution in [3.05, 3.63) is 29.3 Å². The number of carbonyl (C=O) groups excluding carboxylic acids is 2. The van der Waals surface area contributed by atoms with E-state index in [1.165, 1.54) is 19.2 Å². The van der Waals surface area contributed by atoms with Gasteiger partial charge in [-0.3, -0.25) is 9.59 Å². The maximum atomic E-state index is 11.9. The molecule has 0 unspecified atom stereocenters. The number of amides is 2. The van der Waals surface area contributed by atoms with Gasteiger partial charge < -0.3 is 16.0 Å². The Morgan fingerprint density at radius 3 is 2.43 bits per heavy atom. The van der Waals surface area contributed by atoms with Crippen LogP contribution in [0.4, 0.5) is 18.9 Å². The zero-order chi connectivity index (χ0) is 16.0. The minimum atomic E-state index is -4.36. The van der Waals surface area contributed by atoms with Crippen LogP contribution in [0.25, 0.3) is 0 Å². The van der Waals surface area contributed by atoms with Crippen LogP contribution in [0.5, 0.6) is 0 Å². The van der Waals surface area contributed by atoms with Gasteiger partial charge in [-0.1, -0.05) is 0 Å². The lowest BCUT2D eigenvalue weighted by atomic mass is 10.1. The van der Waals surface area contributed by atoms with Gasteiger partial charge in [0, 0.05) is 18.3 Å². The molecule has 0 aromatic heterocycles. The van der Waals surface area contributed by atoms with Gasteiger partial charge in [0.15, 0.2) is 0 Å². The fourth-order valence-electron chi connectivity index (χ4n) is 1.60. The number of nitrogens with one attached hydrogen (secondary N) is 3. The van der Waals surface area contributed by atoms with Crippen molar-refractivity contribution in [2.75, 3.05) is 25.5 Å². The molecule has 8 heteroatoms. The summed E-state index contributed by atoms with van der Waals surface area (Å²) in [6.07, 6.45) is -4.36. The standard InChI is InChI=1S/C13H16F3N3O2/c1-8-5-9(12(21)17-2)3-4-10(8)19-11(20)6-18-7-13(14,15)16/h3-5,18H,6-7H2,1-2H3,(H,17,21)(H,19,20). The number of hydrogen-bond donors (Lipinski definition) is 3. The molecule has 5 nitrogen and oxygen atoms in total. The average molecular weight is 303 g/mol. The summed E-state index contributed by atoms with van der Waals surface area (Å²) >= 11 is 0. The minimum absolute atomic E-state index is 0.261. The number of anilines is 1. The molecule has 1 aromatic rings. The molecule has 0 atom stereocenters. The topological polar surface area (TPSA) is 70.2 Å². The first-order valence-corrected chi connectivity index (χ1v) is 6.13. The Morgan fingerprint density at radius 2 is 1.90 bits per heavy atom. The first-order chi connectivity index (χ1) is 9.73. The maximum Gasteiger partial charge on any atom is 0.401 e. The first kappa shape index (κ1) is 17.0. The van der Waals surface area contributed by atoms with E-state index in [1.807, 2.05) is 5.32 Å². The van der Waals surface area contributed by atoms with Gasteiger partial charge in [-0.25, -0.2) is 0 Å². The second kappa shape index (κ2) is 7.07. The van der Waals surface area contributed by atoms with Crippen molar-refractivity contribution in [1.82, 2.24) is 10.6 Å². The molecule has 0 saturated heterocycles. The van der Waals surface area contributed by atoms with Crippen LogP contribution in [0.2, 0.25) is 0 Å². The van der Waals surface area contributed by atoms with Crippen LogP contribution in [0.1, 0.15) is 15.9 Å². The molecule has 1 aromatic carbocycles. The quantitative estimate of drug-likeness (QED) is 0.771. The van der Waals surface area contributed by atoms with Crippen molar-refractivity contribution in [2.45, 2.75) is 13.1 Å². The summed E-state index contributed by atoms with van der Waals surface area (Å²) in [7, 11) is 1.50. The third-order valence-corrected chi connectivity index (χ3v) is 2.60. The number of halogens is 3. The molecule has 116 valence electrons. The molecular weight excluding hydrogens is 287 g/mol. The lowest BCUT2D eigenvalue weighted by Crippen LogP contribution is -2.35. The van der Waals surface area contributed by atoms with Gasteiger partial charge in [-0.2, -0.15) is 13.2 Å². The Hall–Kier alpha value is -2.09. The van der Waals surface area contributed by atoms with E-state index in [1.54, 1.807) is 13.0 Å². The van der Waals surface area contributed by atoms with Crippen LogP contribution in [0.3, 0.4) is 0 Å². The summed E-state index contributed by atoms with van der Waals surface area (Å²) < 4.78 is 35.8. The van der Waals surface area contributed by atoms with E-state index < -0.39 is 25.2 Å². The van der Waals surface area contributed by atoms with Gasteiger partial charge in [0.1, 0.15) is 0 Å². The third kappa shape index (κ3) is 5.82. The van der Waals surface area contributed by atoms with Gasteiger partial charge in [-0.05, 0) is 30.7 Å². The second-order valence-corrected chi connectivity index (χ2v) is 4.38. The summed E-state index contributed by atoms with van der Waals surface area (Å²) in [5.41, 5.74) is 1.52. The summed E-state index contributed by atoms with van der Waals surface area (Å²) in [6, 6.07) is 4.63. The Kier molecular flexibility index (Phi) is 5.71. The lowest BCUT2D eigenvalue weighted by Gasteiger charge is -2.11. The molecule has 0 aliphatic rings. The average Bonchev–Trinajstić information content (AvgIpc) is 2.38. The molecule has 0 bridgehead atoms. The highest BCUT2D eigenvalue weighted by Crippen LogP contribution is 2.16. The second-order valence-electron chi connectivity index (χ2n) is 4.38. The normalized spacial score (nSPS) is 11.1. The SMILES string of the molecule is CNC(=O)c1ccc(NC(=O)CNCC(F)(F)F)c(C)c1. The predicted octanol–water partition coefficient (Wildman–Crippen LogP) is 1.45. The summed E-state index contributed by atoms with van der Waals surface area (Å²) in [6.45, 7) is 0.0103. The van der Waals surface area contributed by atoms with Crippen molar-refractivity contribution >= 4 is 17.5 Å². The molecule has 21 heavy (non-hydrogen) atoms. The predicted molar refractivity (Wildman–Crippen MR) is 72.1 cm³/mol. The van der Waals surface area contributed by atoms with E-state index in [2.05, 4.69) is 10.6 Å². The number of carbonyl (C=O) groups is 2. The minimum Gasteiger partial charge on any atom is -0.355 e. The van der Waals surface area contributed by atoms with Crippen molar-refractivity contribution in [3.63, 3.8) is 0 Å². The van der Waals surface area contributed by atoms with Crippen LogP contribution in [-0.2, 0) is 4.79 Å². The van der Waals surface area contributed by atoms with Crippen LogP contribution >= 0.6 is 0 Å². The van der Waals surface area contributed by atoms with Gasteiger partial charge >= 0.3 is 6.18 Å². The monoisotopic (exact) mass is 303 g/mol. The molecule has 0 fully saturated rings. The van der Waals surface area contributed by atoms with Crippen LogP contribution in [0, 0.1) is 6.92 Å². The van der Waals surface area contributed by atoms with Crippen LogP contribution < -0.4 is 16.0 Å². The van der Waals surface area contributed by atoms with Crippen LogP contribution in [-0.4, -0.2) is 38.1 Å². The summed E-state index contributed by atoms with van der Waals surface area (Å²) in [5.74, 6) is -0.849. The molecule has 0 radical (unpaired) electrons. The molecule has 1 rings (SSSR count). The molecule has 2 amide bonds. The third-order valence-electron chi connectivity index (χ3n) is 2.60. The largest absolute Gasteiger partial charge is 0.401 e. The summed E-state index contributed by atoms with van der Waals surface area (Å²) in [5, 5.41) is 6.95. The molecule has 0 heterocycles. The van der Waals surface area contributed by atoms with Gasteiger partial charge in [0.25, 0.3) is 5.91 Å². The van der Waals surface area contributed by atoms with Gasteiger partial charge in [-0.15, -0.1) is 0 Å². The number of alkyl halides is 3. The Bertz CT molecular complexity index is 530. The Balaban J connectivity index is 2.59.